The van der Waals surface area contributed by atoms with Crippen LogP contribution in [-0.2, 0) is 30.5 Å². The minimum Gasteiger partial charge on any atom is -0.381 e. The molecule has 0 spiro atoms. The normalized spacial score (nSPS) is 15.2. The average molecular weight is 593 g/mol. The van der Waals surface area contributed by atoms with Gasteiger partial charge in [0.1, 0.15) is 12.1 Å². The number of aromatic nitrogens is 2. The van der Waals surface area contributed by atoms with Gasteiger partial charge in [-0.15, -0.1) is 0 Å². The Morgan fingerprint density at radius 3 is 2.28 bits per heavy atom. The standard InChI is InChI=1S/C31H40N6O5.CH4/c1-31(2,32)30(40)34-25(20-42-19-22-10-6-4-7-11-22)28(38)35-26-18-37(21-33-26)27(23-12-8-5-9-13-23)29(39)36-16-14-24(41-3)15-17-36;/h4-13,18,21,24-25,27H,14-17,19-20,32H2,1-3H3,(H,34,40)(H,35,38);1H4/t25-,27?;/m1./s1. The van der Waals surface area contributed by atoms with E-state index in [0.29, 0.717) is 13.1 Å². The minimum absolute atomic E-state index is 0. The molecule has 2 aromatic carbocycles. The van der Waals surface area contributed by atoms with Gasteiger partial charge in [-0.2, -0.15) is 0 Å². The Kier molecular flexibility index (Phi) is 12.0. The van der Waals surface area contributed by atoms with Crippen molar-refractivity contribution >= 4 is 23.5 Å². The van der Waals surface area contributed by atoms with Crippen molar-refractivity contribution in [2.75, 3.05) is 32.1 Å². The summed E-state index contributed by atoms with van der Waals surface area (Å²) in [5, 5.41) is 5.44. The smallest absolute Gasteiger partial charge is 0.250 e. The summed E-state index contributed by atoms with van der Waals surface area (Å²) in [5.74, 6) is -0.838. The number of carbonyl (C=O) groups excluding carboxylic acids is 3. The van der Waals surface area contributed by atoms with Gasteiger partial charge in [-0.25, -0.2) is 4.98 Å². The number of anilines is 1. The topological polar surface area (TPSA) is 141 Å². The molecule has 1 aliphatic heterocycles. The van der Waals surface area contributed by atoms with Gasteiger partial charge in [0, 0.05) is 26.4 Å². The van der Waals surface area contributed by atoms with E-state index in [9.17, 15) is 14.4 Å². The molecule has 43 heavy (non-hydrogen) atoms. The molecule has 2 heterocycles. The lowest BCUT2D eigenvalue weighted by atomic mass is 10.0. The number of carbonyl (C=O) groups is 3. The first-order valence-corrected chi connectivity index (χ1v) is 14.1. The Bertz CT molecular complexity index is 1320. The van der Waals surface area contributed by atoms with E-state index in [1.807, 2.05) is 65.6 Å². The van der Waals surface area contributed by atoms with E-state index in [4.69, 9.17) is 15.2 Å². The molecule has 1 aromatic heterocycles. The quantitative estimate of drug-likeness (QED) is 0.294. The van der Waals surface area contributed by atoms with Crippen molar-refractivity contribution in [3.05, 3.63) is 84.3 Å². The van der Waals surface area contributed by atoms with E-state index < -0.39 is 29.4 Å². The molecule has 1 saturated heterocycles. The number of amides is 3. The van der Waals surface area contributed by atoms with E-state index in [0.717, 1.165) is 24.0 Å². The Balaban J connectivity index is 0.00000506. The summed E-state index contributed by atoms with van der Waals surface area (Å²) < 4.78 is 12.9. The van der Waals surface area contributed by atoms with E-state index in [2.05, 4.69) is 15.6 Å². The molecule has 1 unspecified atom stereocenters. The molecule has 11 nitrogen and oxygen atoms in total. The van der Waals surface area contributed by atoms with Gasteiger partial charge >= 0.3 is 0 Å². The van der Waals surface area contributed by atoms with Crippen molar-refractivity contribution in [2.45, 2.75) is 64.4 Å². The number of methoxy groups -OCH3 is 1. The predicted molar refractivity (Wildman–Crippen MR) is 165 cm³/mol. The highest BCUT2D eigenvalue weighted by Gasteiger charge is 2.32. The molecule has 0 aliphatic carbocycles. The lowest BCUT2D eigenvalue weighted by Gasteiger charge is -2.34. The van der Waals surface area contributed by atoms with E-state index >= 15 is 0 Å². The van der Waals surface area contributed by atoms with Gasteiger partial charge in [0.2, 0.25) is 11.8 Å². The molecule has 3 amide bonds. The summed E-state index contributed by atoms with van der Waals surface area (Å²) in [5.41, 5.74) is 6.50. The van der Waals surface area contributed by atoms with Crippen molar-refractivity contribution in [1.29, 1.82) is 0 Å². The maximum absolute atomic E-state index is 13.8. The van der Waals surface area contributed by atoms with Crippen LogP contribution in [0.5, 0.6) is 0 Å². The van der Waals surface area contributed by atoms with E-state index in [1.54, 1.807) is 31.7 Å². The van der Waals surface area contributed by atoms with Crippen molar-refractivity contribution in [2.24, 2.45) is 5.73 Å². The SMILES string of the molecule is C.COC1CCN(C(=O)C(c2ccccc2)n2cnc(NC(=O)[C@@H](COCc3ccccc3)NC(=O)C(C)(C)N)c2)CC1. The third-order valence-corrected chi connectivity index (χ3v) is 7.19. The van der Waals surface area contributed by atoms with Crippen LogP contribution < -0.4 is 16.4 Å². The maximum Gasteiger partial charge on any atom is 0.250 e. The number of imidazole rings is 1. The Labute approximate surface area is 253 Å². The van der Waals surface area contributed by atoms with Crippen molar-refractivity contribution in [1.82, 2.24) is 19.8 Å². The molecule has 4 N–H and O–H groups in total. The number of benzene rings is 2. The predicted octanol–water partition coefficient (Wildman–Crippen LogP) is 3.12. The number of ether oxygens (including phenoxy) is 2. The fourth-order valence-corrected chi connectivity index (χ4v) is 4.71. The summed E-state index contributed by atoms with van der Waals surface area (Å²) in [6.45, 7) is 4.50. The number of nitrogens with one attached hydrogen (secondary N) is 2. The number of nitrogens with zero attached hydrogens (tertiary/aromatic N) is 3. The fourth-order valence-electron chi connectivity index (χ4n) is 4.71. The Morgan fingerprint density at radius 2 is 1.67 bits per heavy atom. The highest BCUT2D eigenvalue weighted by molar-refractivity contribution is 5.98. The fraction of sp³-hybridized carbons (Fsp3) is 0.438. The van der Waals surface area contributed by atoms with Crippen LogP contribution in [0.25, 0.3) is 0 Å². The van der Waals surface area contributed by atoms with E-state index in [-0.39, 0.29) is 38.5 Å². The van der Waals surface area contributed by atoms with Crippen LogP contribution in [0.3, 0.4) is 0 Å². The first-order valence-electron chi connectivity index (χ1n) is 14.1. The lowest BCUT2D eigenvalue weighted by molar-refractivity contribution is -0.136. The third kappa shape index (κ3) is 9.21. The van der Waals surface area contributed by atoms with Crippen LogP contribution in [0.1, 0.15) is 51.3 Å². The summed E-state index contributed by atoms with van der Waals surface area (Å²) in [6, 6.07) is 17.3. The van der Waals surface area contributed by atoms with Crippen LogP contribution in [-0.4, -0.2) is 76.7 Å². The van der Waals surface area contributed by atoms with Gasteiger partial charge in [0.05, 0.1) is 31.2 Å². The molecule has 1 aliphatic rings. The second-order valence-corrected chi connectivity index (χ2v) is 11.0. The van der Waals surface area contributed by atoms with Gasteiger partial charge < -0.3 is 35.3 Å². The van der Waals surface area contributed by atoms with Crippen LogP contribution in [0.15, 0.2) is 73.2 Å². The number of hydrogen-bond acceptors (Lipinski definition) is 7. The Hall–Kier alpha value is -4.06. The Morgan fingerprint density at radius 1 is 1.05 bits per heavy atom. The number of rotatable bonds is 12. The van der Waals surface area contributed by atoms with E-state index in [1.165, 1.54) is 6.33 Å². The first-order chi connectivity index (χ1) is 20.2. The average Bonchev–Trinajstić information content (AvgIpc) is 3.44. The van der Waals surface area contributed by atoms with Crippen molar-refractivity contribution in [3.63, 3.8) is 0 Å². The van der Waals surface area contributed by atoms with Gasteiger partial charge in [-0.3, -0.25) is 14.4 Å². The zero-order valence-electron chi connectivity index (χ0n) is 24.4. The van der Waals surface area contributed by atoms with Crippen LogP contribution in [0.2, 0.25) is 0 Å². The van der Waals surface area contributed by atoms with Crippen LogP contribution in [0.4, 0.5) is 5.82 Å². The zero-order valence-corrected chi connectivity index (χ0v) is 24.4. The van der Waals surface area contributed by atoms with Gasteiger partial charge in [-0.1, -0.05) is 68.1 Å². The molecular weight excluding hydrogens is 548 g/mol. The molecule has 0 bridgehead atoms. The van der Waals surface area contributed by atoms with Gasteiger partial charge in [0.15, 0.2) is 5.82 Å². The number of likely N-dealkylation sites (tertiary alicyclic amines) is 1. The highest BCUT2D eigenvalue weighted by atomic mass is 16.5. The third-order valence-electron chi connectivity index (χ3n) is 7.19. The van der Waals surface area contributed by atoms with Gasteiger partial charge in [-0.05, 0) is 37.8 Å². The molecule has 3 aromatic rings. The molecule has 11 heteroatoms. The molecular formula is C32H44N6O5. The van der Waals surface area contributed by atoms with Crippen LogP contribution in [0, 0.1) is 0 Å². The number of hydrogen-bond donors (Lipinski definition) is 3. The number of piperidine rings is 1. The van der Waals surface area contributed by atoms with Crippen molar-refractivity contribution in [3.8, 4) is 0 Å². The second kappa shape index (κ2) is 15.4. The zero-order chi connectivity index (χ0) is 30.1. The monoisotopic (exact) mass is 592 g/mol. The molecule has 2 atom stereocenters. The molecule has 1 fully saturated rings. The molecule has 0 radical (unpaired) electrons. The first kappa shape index (κ1) is 33.4. The highest BCUT2D eigenvalue weighted by Crippen LogP contribution is 2.25. The largest absolute Gasteiger partial charge is 0.381 e. The second-order valence-electron chi connectivity index (χ2n) is 11.0. The molecule has 232 valence electrons. The minimum atomic E-state index is -1.19. The van der Waals surface area contributed by atoms with Gasteiger partial charge in [0.25, 0.3) is 5.91 Å². The van der Waals surface area contributed by atoms with Crippen LogP contribution >= 0.6 is 0 Å². The summed E-state index contributed by atoms with van der Waals surface area (Å²) in [4.78, 5) is 45.9. The number of nitrogens with two attached hydrogens (primary N) is 1. The summed E-state index contributed by atoms with van der Waals surface area (Å²) in [7, 11) is 1.69. The maximum atomic E-state index is 13.8. The summed E-state index contributed by atoms with van der Waals surface area (Å²) >= 11 is 0. The van der Waals surface area contributed by atoms with Crippen molar-refractivity contribution < 1.29 is 23.9 Å². The summed E-state index contributed by atoms with van der Waals surface area (Å²) in [6.07, 6.45) is 4.83. The molecule has 0 saturated carbocycles. The molecule has 4 rings (SSSR count). The lowest BCUT2D eigenvalue weighted by Crippen LogP contribution is -2.56.